The minimum atomic E-state index is -0.417. The van der Waals surface area contributed by atoms with E-state index in [2.05, 4.69) is 11.9 Å². The van der Waals surface area contributed by atoms with E-state index in [1.165, 1.54) is 13.2 Å². The van der Waals surface area contributed by atoms with Crippen LogP contribution >= 0.6 is 0 Å². The van der Waals surface area contributed by atoms with Crippen LogP contribution < -0.4 is 10.1 Å². The summed E-state index contributed by atoms with van der Waals surface area (Å²) in [4.78, 5) is 10.4. The number of benzene rings is 1. The molecule has 0 spiro atoms. The fraction of sp³-hybridized carbons (Fsp3) is 0.385. The molecule has 1 unspecified atom stereocenters. The van der Waals surface area contributed by atoms with Crippen LogP contribution in [0.5, 0.6) is 5.75 Å². The lowest BCUT2D eigenvalue weighted by atomic mass is 10.1. The van der Waals surface area contributed by atoms with Gasteiger partial charge in [-0.2, -0.15) is 0 Å². The molecule has 1 atom stereocenters. The number of nitrogens with zero attached hydrogens (tertiary/aromatic N) is 1. The largest absolute Gasteiger partial charge is 0.496 e. The van der Waals surface area contributed by atoms with Crippen molar-refractivity contribution in [3.8, 4) is 5.75 Å². The number of methoxy groups -OCH3 is 1. The third-order valence-corrected chi connectivity index (χ3v) is 2.57. The number of hydrogen-bond acceptors (Lipinski definition) is 4. The molecule has 0 aliphatic carbocycles. The molecule has 5 heteroatoms. The Morgan fingerprint density at radius 2 is 2.28 bits per heavy atom. The molecule has 0 aromatic heterocycles. The number of rotatable bonds is 7. The highest BCUT2D eigenvalue weighted by Gasteiger charge is 2.10. The number of ether oxygens (including phenoxy) is 1. The number of hydrogen-bond donors (Lipinski definition) is 1. The summed E-state index contributed by atoms with van der Waals surface area (Å²) in [5, 5.41) is 14.0. The minimum absolute atomic E-state index is 0.0440. The van der Waals surface area contributed by atoms with Crippen molar-refractivity contribution in [2.24, 2.45) is 0 Å². The van der Waals surface area contributed by atoms with Crippen LogP contribution in [0.3, 0.4) is 0 Å². The summed E-state index contributed by atoms with van der Waals surface area (Å²) in [6.07, 6.45) is 2.69. The highest BCUT2D eigenvalue weighted by atomic mass is 16.6. The van der Waals surface area contributed by atoms with Crippen molar-refractivity contribution in [1.82, 2.24) is 5.32 Å². The minimum Gasteiger partial charge on any atom is -0.496 e. The Morgan fingerprint density at radius 1 is 1.56 bits per heavy atom. The average molecular weight is 250 g/mol. The van der Waals surface area contributed by atoms with E-state index in [1.807, 2.05) is 13.0 Å². The monoisotopic (exact) mass is 250 g/mol. The maximum atomic E-state index is 10.8. The van der Waals surface area contributed by atoms with E-state index >= 15 is 0 Å². The molecule has 0 amide bonds. The predicted octanol–water partition coefficient (Wildman–Crippen LogP) is 2.66. The van der Waals surface area contributed by atoms with Crippen LogP contribution in [0.25, 0.3) is 0 Å². The molecular weight excluding hydrogens is 232 g/mol. The first-order valence-electron chi connectivity index (χ1n) is 5.73. The average Bonchev–Trinajstić information content (AvgIpc) is 2.36. The molecule has 0 heterocycles. The molecule has 1 N–H and O–H groups in total. The van der Waals surface area contributed by atoms with Crippen LogP contribution in [0.15, 0.2) is 30.9 Å². The zero-order chi connectivity index (χ0) is 13.5. The van der Waals surface area contributed by atoms with E-state index in [9.17, 15) is 10.1 Å². The fourth-order valence-electron chi connectivity index (χ4n) is 1.59. The Morgan fingerprint density at radius 3 is 2.83 bits per heavy atom. The zero-order valence-corrected chi connectivity index (χ0v) is 10.7. The molecular formula is C13H18N2O3. The third-order valence-electron chi connectivity index (χ3n) is 2.57. The normalized spacial score (nSPS) is 11.9. The summed E-state index contributed by atoms with van der Waals surface area (Å²) in [6.45, 7) is 6.27. The fourth-order valence-corrected chi connectivity index (χ4v) is 1.59. The molecule has 5 nitrogen and oxygen atoms in total. The molecule has 0 bridgehead atoms. The first-order chi connectivity index (χ1) is 8.56. The highest BCUT2D eigenvalue weighted by Crippen LogP contribution is 2.22. The van der Waals surface area contributed by atoms with Gasteiger partial charge in [0.1, 0.15) is 5.75 Å². The summed E-state index contributed by atoms with van der Waals surface area (Å²) in [5.41, 5.74) is 0.875. The second-order valence-corrected chi connectivity index (χ2v) is 4.10. The van der Waals surface area contributed by atoms with Crippen LogP contribution in [0, 0.1) is 10.1 Å². The summed E-state index contributed by atoms with van der Waals surface area (Å²) in [5.74, 6) is 0.498. The first-order valence-corrected chi connectivity index (χ1v) is 5.73. The maximum Gasteiger partial charge on any atom is 0.273 e. The standard InChI is InChI=1S/C13H18N2O3/c1-4-5-10(2)14-9-11-6-12(15(16)17)8-13(7-11)18-3/h4,6-8,10,14H,1,5,9H2,2-3H3. The number of non-ortho nitro benzene ring substituents is 1. The Balaban J connectivity index is 2.78. The van der Waals surface area contributed by atoms with Crippen molar-refractivity contribution >= 4 is 5.69 Å². The second kappa shape index (κ2) is 6.76. The van der Waals surface area contributed by atoms with Gasteiger partial charge in [0.15, 0.2) is 0 Å². The van der Waals surface area contributed by atoms with Crippen molar-refractivity contribution in [3.63, 3.8) is 0 Å². The van der Waals surface area contributed by atoms with Gasteiger partial charge >= 0.3 is 0 Å². The smallest absolute Gasteiger partial charge is 0.273 e. The number of nitrogens with one attached hydrogen (secondary N) is 1. The molecule has 0 saturated carbocycles. The van der Waals surface area contributed by atoms with Gasteiger partial charge in [0, 0.05) is 18.7 Å². The Bertz CT molecular complexity index is 432. The van der Waals surface area contributed by atoms with E-state index in [0.29, 0.717) is 12.3 Å². The summed E-state index contributed by atoms with van der Waals surface area (Å²) < 4.78 is 5.05. The van der Waals surface area contributed by atoms with Gasteiger partial charge in [0.25, 0.3) is 5.69 Å². The van der Waals surface area contributed by atoms with E-state index in [-0.39, 0.29) is 11.7 Å². The van der Waals surface area contributed by atoms with Crippen molar-refractivity contribution < 1.29 is 9.66 Å². The molecule has 0 aliphatic heterocycles. The van der Waals surface area contributed by atoms with Gasteiger partial charge in [-0.3, -0.25) is 10.1 Å². The third kappa shape index (κ3) is 4.18. The lowest BCUT2D eigenvalue weighted by Crippen LogP contribution is -2.24. The molecule has 0 aliphatic rings. The lowest BCUT2D eigenvalue weighted by Gasteiger charge is -2.12. The number of nitro groups is 1. The molecule has 0 saturated heterocycles. The summed E-state index contributed by atoms with van der Waals surface area (Å²) in [6, 6.07) is 5.04. The Kier molecular flexibility index (Phi) is 5.32. The molecule has 1 rings (SSSR count). The van der Waals surface area contributed by atoms with Gasteiger partial charge in [0.2, 0.25) is 0 Å². The molecule has 1 aromatic carbocycles. The quantitative estimate of drug-likeness (QED) is 0.459. The van der Waals surface area contributed by atoms with Gasteiger partial charge < -0.3 is 10.1 Å². The summed E-state index contributed by atoms with van der Waals surface area (Å²) >= 11 is 0. The van der Waals surface area contributed by atoms with Crippen molar-refractivity contribution in [1.29, 1.82) is 0 Å². The number of nitro benzene ring substituents is 1. The van der Waals surface area contributed by atoms with Crippen LogP contribution in [0.4, 0.5) is 5.69 Å². The zero-order valence-electron chi connectivity index (χ0n) is 10.7. The Hall–Kier alpha value is -1.88. The van der Waals surface area contributed by atoms with Crippen LogP contribution in [-0.2, 0) is 6.54 Å². The van der Waals surface area contributed by atoms with Gasteiger partial charge in [-0.15, -0.1) is 6.58 Å². The maximum absolute atomic E-state index is 10.8. The molecule has 0 fully saturated rings. The summed E-state index contributed by atoms with van der Waals surface area (Å²) in [7, 11) is 1.50. The van der Waals surface area contributed by atoms with Gasteiger partial charge in [0.05, 0.1) is 18.1 Å². The van der Waals surface area contributed by atoms with E-state index in [4.69, 9.17) is 4.74 Å². The van der Waals surface area contributed by atoms with E-state index in [0.717, 1.165) is 12.0 Å². The van der Waals surface area contributed by atoms with Crippen LogP contribution in [0.1, 0.15) is 18.9 Å². The molecule has 0 radical (unpaired) electrons. The van der Waals surface area contributed by atoms with E-state index in [1.54, 1.807) is 12.1 Å². The molecule has 1 aromatic rings. The predicted molar refractivity (Wildman–Crippen MR) is 70.8 cm³/mol. The highest BCUT2D eigenvalue weighted by molar-refractivity contribution is 5.42. The Labute approximate surface area is 107 Å². The molecule has 18 heavy (non-hydrogen) atoms. The topological polar surface area (TPSA) is 64.4 Å². The van der Waals surface area contributed by atoms with Gasteiger partial charge in [-0.1, -0.05) is 6.08 Å². The second-order valence-electron chi connectivity index (χ2n) is 4.10. The molecule has 98 valence electrons. The van der Waals surface area contributed by atoms with E-state index < -0.39 is 4.92 Å². The van der Waals surface area contributed by atoms with Crippen molar-refractivity contribution in [3.05, 3.63) is 46.5 Å². The van der Waals surface area contributed by atoms with Gasteiger partial charge in [-0.05, 0) is 25.0 Å². The lowest BCUT2D eigenvalue weighted by molar-refractivity contribution is -0.385. The van der Waals surface area contributed by atoms with Gasteiger partial charge in [-0.25, -0.2) is 0 Å². The SMILES string of the molecule is C=CCC(C)NCc1cc(OC)cc([N+](=O)[O-])c1. The van der Waals surface area contributed by atoms with Crippen LogP contribution in [-0.4, -0.2) is 18.1 Å². The van der Waals surface area contributed by atoms with Crippen molar-refractivity contribution in [2.75, 3.05) is 7.11 Å². The van der Waals surface area contributed by atoms with Crippen molar-refractivity contribution in [2.45, 2.75) is 25.9 Å². The first kappa shape index (κ1) is 14.2. The van der Waals surface area contributed by atoms with Crippen LogP contribution in [0.2, 0.25) is 0 Å².